The second-order valence-corrected chi connectivity index (χ2v) is 7.50. The summed E-state index contributed by atoms with van der Waals surface area (Å²) >= 11 is 0. The Morgan fingerprint density at radius 1 is 1.21 bits per heavy atom. The van der Waals surface area contributed by atoms with E-state index in [1.807, 2.05) is 0 Å². The van der Waals surface area contributed by atoms with E-state index in [-0.39, 0.29) is 5.91 Å². The van der Waals surface area contributed by atoms with Crippen LogP contribution in [0.3, 0.4) is 0 Å². The van der Waals surface area contributed by atoms with Gasteiger partial charge in [0.1, 0.15) is 0 Å². The van der Waals surface area contributed by atoms with Gasteiger partial charge in [-0.25, -0.2) is 0 Å². The topological polar surface area (TPSA) is 44.4 Å². The van der Waals surface area contributed by atoms with Crippen LogP contribution < -0.4 is 10.6 Å². The lowest BCUT2D eigenvalue weighted by molar-refractivity contribution is -0.121. The molecule has 1 atom stereocenters. The van der Waals surface area contributed by atoms with Crippen molar-refractivity contribution in [3.05, 3.63) is 35.4 Å². The van der Waals surface area contributed by atoms with Crippen molar-refractivity contribution in [2.75, 3.05) is 19.6 Å². The molecule has 0 saturated carbocycles. The fraction of sp³-hybridized carbons (Fsp3) is 0.650. The van der Waals surface area contributed by atoms with Gasteiger partial charge in [0.2, 0.25) is 5.91 Å². The van der Waals surface area contributed by atoms with Gasteiger partial charge in [-0.05, 0) is 62.4 Å². The van der Waals surface area contributed by atoms with E-state index in [0.717, 1.165) is 25.4 Å². The van der Waals surface area contributed by atoms with Gasteiger partial charge in [0.25, 0.3) is 0 Å². The van der Waals surface area contributed by atoms with E-state index in [9.17, 15) is 4.79 Å². The summed E-state index contributed by atoms with van der Waals surface area (Å²) in [7, 11) is 0. The predicted molar refractivity (Wildman–Crippen MR) is 97.6 cm³/mol. The number of likely N-dealkylation sites (tertiary alicyclic amines) is 1. The van der Waals surface area contributed by atoms with Crippen molar-refractivity contribution in [3.8, 4) is 0 Å². The number of amides is 1. The Morgan fingerprint density at radius 2 is 1.96 bits per heavy atom. The van der Waals surface area contributed by atoms with E-state index in [0.29, 0.717) is 19.0 Å². The third-order valence-electron chi connectivity index (χ3n) is 5.46. The summed E-state index contributed by atoms with van der Waals surface area (Å²) < 4.78 is 0. The maximum Gasteiger partial charge on any atom is 0.221 e. The number of hydrogen-bond donors (Lipinski definition) is 2. The Balaban J connectivity index is 1.50. The first-order chi connectivity index (χ1) is 11.7. The first-order valence-electron chi connectivity index (χ1n) is 9.50. The van der Waals surface area contributed by atoms with Crippen LogP contribution in [0.15, 0.2) is 24.3 Å². The number of benzene rings is 1. The minimum atomic E-state index is 0.163. The van der Waals surface area contributed by atoms with Crippen molar-refractivity contribution in [1.29, 1.82) is 0 Å². The molecule has 3 rings (SSSR count). The zero-order chi connectivity index (χ0) is 16.8. The first-order valence-corrected chi connectivity index (χ1v) is 9.50. The number of carbonyl (C=O) groups excluding carboxylic acids is 1. The highest BCUT2D eigenvalue weighted by Crippen LogP contribution is 2.19. The largest absolute Gasteiger partial charge is 0.352 e. The Kier molecular flexibility index (Phi) is 6.27. The number of carbonyl (C=O) groups is 1. The SMILES string of the molecule is CC1CCN(Cc2ccccc2CNC(=O)CC2CCCN2)CC1. The van der Waals surface area contributed by atoms with Crippen molar-refractivity contribution in [3.63, 3.8) is 0 Å². The van der Waals surface area contributed by atoms with Gasteiger partial charge in [-0.1, -0.05) is 31.2 Å². The molecule has 0 spiro atoms. The number of nitrogens with zero attached hydrogens (tertiary/aromatic N) is 1. The Morgan fingerprint density at radius 3 is 2.67 bits per heavy atom. The molecule has 1 amide bonds. The second-order valence-electron chi connectivity index (χ2n) is 7.50. The van der Waals surface area contributed by atoms with Crippen molar-refractivity contribution in [2.45, 2.75) is 58.2 Å². The van der Waals surface area contributed by atoms with Crippen LogP contribution >= 0.6 is 0 Å². The maximum atomic E-state index is 12.1. The lowest BCUT2D eigenvalue weighted by atomic mass is 9.98. The van der Waals surface area contributed by atoms with Gasteiger partial charge in [0.15, 0.2) is 0 Å². The van der Waals surface area contributed by atoms with Crippen LogP contribution in [-0.4, -0.2) is 36.5 Å². The molecule has 2 fully saturated rings. The van der Waals surface area contributed by atoms with Gasteiger partial charge in [0.05, 0.1) is 0 Å². The van der Waals surface area contributed by atoms with Crippen molar-refractivity contribution >= 4 is 5.91 Å². The van der Waals surface area contributed by atoms with E-state index in [2.05, 4.69) is 46.7 Å². The molecule has 2 heterocycles. The van der Waals surface area contributed by atoms with Gasteiger partial charge in [-0.3, -0.25) is 9.69 Å². The van der Waals surface area contributed by atoms with Crippen LogP contribution in [0.4, 0.5) is 0 Å². The van der Waals surface area contributed by atoms with E-state index in [4.69, 9.17) is 0 Å². The van der Waals surface area contributed by atoms with Crippen LogP contribution in [0.5, 0.6) is 0 Å². The van der Waals surface area contributed by atoms with Crippen LogP contribution in [0.1, 0.15) is 50.2 Å². The van der Waals surface area contributed by atoms with Crippen molar-refractivity contribution in [2.24, 2.45) is 5.92 Å². The molecule has 0 radical (unpaired) electrons. The lowest BCUT2D eigenvalue weighted by Crippen LogP contribution is -2.33. The van der Waals surface area contributed by atoms with E-state index in [1.54, 1.807) is 0 Å². The number of nitrogens with one attached hydrogen (secondary N) is 2. The molecule has 2 N–H and O–H groups in total. The zero-order valence-corrected chi connectivity index (χ0v) is 14.9. The third-order valence-corrected chi connectivity index (χ3v) is 5.46. The molecule has 24 heavy (non-hydrogen) atoms. The highest BCUT2D eigenvalue weighted by molar-refractivity contribution is 5.76. The van der Waals surface area contributed by atoms with Gasteiger partial charge in [0, 0.05) is 25.6 Å². The van der Waals surface area contributed by atoms with E-state index in [1.165, 1.54) is 43.5 Å². The van der Waals surface area contributed by atoms with Gasteiger partial charge >= 0.3 is 0 Å². The van der Waals surface area contributed by atoms with E-state index < -0.39 is 0 Å². The minimum Gasteiger partial charge on any atom is -0.352 e. The third kappa shape index (κ3) is 5.05. The van der Waals surface area contributed by atoms with Crippen molar-refractivity contribution < 1.29 is 4.79 Å². The molecule has 1 aromatic rings. The normalized spacial score (nSPS) is 22.6. The summed E-state index contributed by atoms with van der Waals surface area (Å²) in [5, 5.41) is 6.50. The molecule has 4 heteroatoms. The Bertz CT molecular complexity index is 531. The average Bonchev–Trinajstić information content (AvgIpc) is 3.09. The van der Waals surface area contributed by atoms with Gasteiger partial charge in [-0.2, -0.15) is 0 Å². The smallest absolute Gasteiger partial charge is 0.221 e. The summed E-state index contributed by atoms with van der Waals surface area (Å²) in [6.45, 7) is 7.43. The summed E-state index contributed by atoms with van der Waals surface area (Å²) in [4.78, 5) is 14.7. The standard InChI is InChI=1S/C20H31N3O/c1-16-8-11-23(12-9-16)15-18-6-3-2-5-17(18)14-22-20(24)13-19-7-4-10-21-19/h2-3,5-6,16,19,21H,4,7-15H2,1H3,(H,22,24). The predicted octanol–water partition coefficient (Wildman–Crippen LogP) is 2.68. The molecule has 0 aliphatic carbocycles. The van der Waals surface area contributed by atoms with Gasteiger partial charge in [-0.15, -0.1) is 0 Å². The molecule has 1 aromatic carbocycles. The highest BCUT2D eigenvalue weighted by Gasteiger charge is 2.19. The van der Waals surface area contributed by atoms with Crippen LogP contribution in [0.2, 0.25) is 0 Å². The molecule has 2 aliphatic heterocycles. The summed E-state index contributed by atoms with van der Waals surface area (Å²) in [5.74, 6) is 1.02. The summed E-state index contributed by atoms with van der Waals surface area (Å²) in [6, 6.07) is 8.90. The molecular formula is C20H31N3O. The molecule has 1 unspecified atom stereocenters. The first kappa shape index (κ1) is 17.4. The second kappa shape index (κ2) is 8.63. The fourth-order valence-electron chi connectivity index (χ4n) is 3.77. The number of piperidine rings is 1. The average molecular weight is 329 g/mol. The number of hydrogen-bond acceptors (Lipinski definition) is 3. The molecule has 0 aromatic heterocycles. The number of rotatable bonds is 6. The molecule has 2 aliphatic rings. The molecule has 4 nitrogen and oxygen atoms in total. The lowest BCUT2D eigenvalue weighted by Gasteiger charge is -2.30. The highest BCUT2D eigenvalue weighted by atomic mass is 16.1. The van der Waals surface area contributed by atoms with Crippen LogP contribution in [0.25, 0.3) is 0 Å². The fourth-order valence-corrected chi connectivity index (χ4v) is 3.77. The monoisotopic (exact) mass is 329 g/mol. The molecule has 0 bridgehead atoms. The van der Waals surface area contributed by atoms with Gasteiger partial charge < -0.3 is 10.6 Å². The maximum absolute atomic E-state index is 12.1. The summed E-state index contributed by atoms with van der Waals surface area (Å²) in [5.41, 5.74) is 2.61. The molecular weight excluding hydrogens is 298 g/mol. The minimum absolute atomic E-state index is 0.163. The molecule has 132 valence electrons. The molecule has 2 saturated heterocycles. The van der Waals surface area contributed by atoms with Crippen LogP contribution in [0, 0.1) is 5.92 Å². The van der Waals surface area contributed by atoms with E-state index >= 15 is 0 Å². The Hall–Kier alpha value is -1.39. The van der Waals surface area contributed by atoms with Crippen molar-refractivity contribution in [1.82, 2.24) is 15.5 Å². The quantitative estimate of drug-likeness (QED) is 0.843. The zero-order valence-electron chi connectivity index (χ0n) is 14.9. The Labute approximate surface area is 146 Å². The summed E-state index contributed by atoms with van der Waals surface area (Å²) in [6.07, 6.45) is 5.51. The van der Waals surface area contributed by atoms with Crippen LogP contribution in [-0.2, 0) is 17.9 Å².